The molecule has 0 aliphatic heterocycles. The lowest BCUT2D eigenvalue weighted by molar-refractivity contribution is -0.141. The van der Waals surface area contributed by atoms with E-state index in [4.69, 9.17) is 5.11 Å². The molecule has 0 bridgehead atoms. The van der Waals surface area contributed by atoms with Gasteiger partial charge in [0.1, 0.15) is 0 Å². The van der Waals surface area contributed by atoms with Crippen molar-refractivity contribution >= 4 is 17.3 Å². The average Bonchev–Trinajstić information content (AvgIpc) is 2.41. The highest BCUT2D eigenvalue weighted by atomic mass is 32.1. The van der Waals surface area contributed by atoms with Crippen LogP contribution >= 0.6 is 11.3 Å². The summed E-state index contributed by atoms with van der Waals surface area (Å²) in [7, 11) is 0. The van der Waals surface area contributed by atoms with E-state index in [1.165, 1.54) is 5.56 Å². The Hall–Kier alpha value is -0.830. The molecule has 0 saturated carbocycles. The van der Waals surface area contributed by atoms with Crippen molar-refractivity contribution < 1.29 is 9.90 Å². The third-order valence-corrected chi connectivity index (χ3v) is 3.74. The first-order valence-electron chi connectivity index (χ1n) is 4.31. The van der Waals surface area contributed by atoms with Crippen LogP contribution in [0.5, 0.6) is 0 Å². The molecule has 1 heterocycles. The largest absolute Gasteiger partial charge is 0.481 e. The van der Waals surface area contributed by atoms with Crippen LogP contribution in [0.3, 0.4) is 0 Å². The minimum absolute atomic E-state index is 0.117. The fraction of sp³-hybridized carbons (Fsp3) is 0.500. The normalized spacial score (nSPS) is 24.3. The standard InChI is InChI=1S/C10H12O2S/c1-10(2)5-6-3-4-13-8(6)7(10)9(11)12/h3-4,7H,5H2,1-2H3,(H,11,12). The topological polar surface area (TPSA) is 37.3 Å². The first-order valence-corrected chi connectivity index (χ1v) is 5.19. The maximum atomic E-state index is 11.1. The second-order valence-corrected chi connectivity index (χ2v) is 5.19. The molecule has 0 spiro atoms. The number of fused-ring (bicyclic) bond motifs is 1. The van der Waals surface area contributed by atoms with Gasteiger partial charge >= 0.3 is 5.97 Å². The molecular formula is C10H12O2S. The van der Waals surface area contributed by atoms with Crippen molar-refractivity contribution in [3.05, 3.63) is 21.9 Å². The van der Waals surface area contributed by atoms with Crippen molar-refractivity contribution in [1.82, 2.24) is 0 Å². The van der Waals surface area contributed by atoms with Gasteiger partial charge in [-0.05, 0) is 28.8 Å². The minimum Gasteiger partial charge on any atom is -0.481 e. The summed E-state index contributed by atoms with van der Waals surface area (Å²) < 4.78 is 0. The number of thiophene rings is 1. The molecule has 2 rings (SSSR count). The van der Waals surface area contributed by atoms with Crippen LogP contribution in [0.15, 0.2) is 11.4 Å². The lowest BCUT2D eigenvalue weighted by Gasteiger charge is -2.23. The Morgan fingerprint density at radius 3 is 3.00 bits per heavy atom. The molecule has 1 aliphatic rings. The van der Waals surface area contributed by atoms with Gasteiger partial charge in [-0.25, -0.2) is 0 Å². The molecular weight excluding hydrogens is 184 g/mol. The molecule has 1 aliphatic carbocycles. The maximum Gasteiger partial charge on any atom is 0.312 e. The summed E-state index contributed by atoms with van der Waals surface area (Å²) in [6.07, 6.45) is 0.892. The molecule has 2 nitrogen and oxygen atoms in total. The highest BCUT2D eigenvalue weighted by Crippen LogP contribution is 2.49. The molecule has 3 heteroatoms. The van der Waals surface area contributed by atoms with Gasteiger partial charge < -0.3 is 5.11 Å². The van der Waals surface area contributed by atoms with E-state index in [1.54, 1.807) is 11.3 Å². The van der Waals surface area contributed by atoms with Crippen LogP contribution in [0, 0.1) is 5.41 Å². The van der Waals surface area contributed by atoms with E-state index in [1.807, 2.05) is 25.3 Å². The third-order valence-electron chi connectivity index (χ3n) is 2.72. The van der Waals surface area contributed by atoms with Crippen molar-refractivity contribution in [2.75, 3.05) is 0 Å². The van der Waals surface area contributed by atoms with Crippen LogP contribution in [0.25, 0.3) is 0 Å². The van der Waals surface area contributed by atoms with Gasteiger partial charge in [0.05, 0.1) is 5.92 Å². The van der Waals surface area contributed by atoms with Gasteiger partial charge in [-0.15, -0.1) is 11.3 Å². The Labute approximate surface area is 81.2 Å². The van der Waals surface area contributed by atoms with Crippen LogP contribution in [0.2, 0.25) is 0 Å². The number of aliphatic carboxylic acids is 1. The van der Waals surface area contributed by atoms with Crippen LogP contribution in [-0.4, -0.2) is 11.1 Å². The van der Waals surface area contributed by atoms with E-state index in [0.717, 1.165) is 11.3 Å². The first kappa shape index (κ1) is 8.75. The number of carbonyl (C=O) groups is 1. The van der Waals surface area contributed by atoms with Crippen LogP contribution in [0.1, 0.15) is 30.2 Å². The lowest BCUT2D eigenvalue weighted by Crippen LogP contribution is -2.24. The second-order valence-electron chi connectivity index (χ2n) is 4.25. The number of carboxylic acids is 1. The van der Waals surface area contributed by atoms with Crippen molar-refractivity contribution in [3.8, 4) is 0 Å². The van der Waals surface area contributed by atoms with Gasteiger partial charge in [-0.1, -0.05) is 13.8 Å². The Kier molecular flexibility index (Phi) is 1.74. The van der Waals surface area contributed by atoms with Gasteiger partial charge in [-0.2, -0.15) is 0 Å². The third kappa shape index (κ3) is 1.18. The molecule has 13 heavy (non-hydrogen) atoms. The molecule has 1 unspecified atom stereocenters. The van der Waals surface area contributed by atoms with Crippen LogP contribution in [-0.2, 0) is 11.2 Å². The number of rotatable bonds is 1. The summed E-state index contributed by atoms with van der Waals surface area (Å²) in [6, 6.07) is 2.05. The summed E-state index contributed by atoms with van der Waals surface area (Å²) in [5.41, 5.74) is 1.11. The fourth-order valence-corrected chi connectivity index (χ4v) is 3.37. The van der Waals surface area contributed by atoms with Gasteiger partial charge in [0.15, 0.2) is 0 Å². The second kappa shape index (κ2) is 2.58. The Bertz CT molecular complexity index is 352. The van der Waals surface area contributed by atoms with Crippen LogP contribution in [0.4, 0.5) is 0 Å². The first-order chi connectivity index (χ1) is 6.02. The molecule has 0 fully saturated rings. The summed E-state index contributed by atoms with van der Waals surface area (Å²) in [5, 5.41) is 11.1. The predicted molar refractivity (Wildman–Crippen MR) is 52.2 cm³/mol. The van der Waals surface area contributed by atoms with Crippen molar-refractivity contribution in [1.29, 1.82) is 0 Å². The molecule has 1 atom stereocenters. The zero-order chi connectivity index (χ0) is 9.64. The zero-order valence-electron chi connectivity index (χ0n) is 7.70. The monoisotopic (exact) mass is 196 g/mol. The maximum absolute atomic E-state index is 11.1. The summed E-state index contributed by atoms with van der Waals surface area (Å²) in [6.45, 7) is 4.05. The Morgan fingerprint density at radius 1 is 1.69 bits per heavy atom. The molecule has 0 amide bonds. The molecule has 0 aromatic carbocycles. The number of hydrogen-bond acceptors (Lipinski definition) is 2. The lowest BCUT2D eigenvalue weighted by atomic mass is 9.81. The van der Waals surface area contributed by atoms with Crippen molar-refractivity contribution in [2.24, 2.45) is 5.41 Å². The summed E-state index contributed by atoms with van der Waals surface area (Å²) in [4.78, 5) is 12.1. The van der Waals surface area contributed by atoms with Gasteiger partial charge in [0, 0.05) is 4.88 Å². The fourth-order valence-electron chi connectivity index (χ4n) is 2.14. The van der Waals surface area contributed by atoms with E-state index in [0.29, 0.717) is 0 Å². The smallest absolute Gasteiger partial charge is 0.312 e. The number of hydrogen-bond donors (Lipinski definition) is 1. The highest BCUT2D eigenvalue weighted by Gasteiger charge is 2.44. The molecule has 1 N–H and O–H groups in total. The average molecular weight is 196 g/mol. The van der Waals surface area contributed by atoms with E-state index in [-0.39, 0.29) is 11.3 Å². The highest BCUT2D eigenvalue weighted by molar-refractivity contribution is 7.10. The van der Waals surface area contributed by atoms with Gasteiger partial charge in [-0.3, -0.25) is 4.79 Å². The molecule has 70 valence electrons. The van der Waals surface area contributed by atoms with E-state index < -0.39 is 5.97 Å². The predicted octanol–water partition coefficient (Wildman–Crippen LogP) is 2.50. The van der Waals surface area contributed by atoms with Crippen molar-refractivity contribution in [3.63, 3.8) is 0 Å². The van der Waals surface area contributed by atoms with Crippen molar-refractivity contribution in [2.45, 2.75) is 26.2 Å². The van der Waals surface area contributed by atoms with E-state index in [9.17, 15) is 4.79 Å². The summed E-state index contributed by atoms with van der Waals surface area (Å²) >= 11 is 1.57. The zero-order valence-corrected chi connectivity index (χ0v) is 8.52. The molecule has 1 aromatic heterocycles. The molecule has 1 aromatic rings. The Balaban J connectivity index is 2.49. The van der Waals surface area contributed by atoms with Crippen LogP contribution < -0.4 is 0 Å². The molecule has 0 saturated heterocycles. The number of carboxylic acid groups (broad SMARTS) is 1. The molecule has 0 radical (unpaired) electrons. The quantitative estimate of drug-likeness (QED) is 0.749. The van der Waals surface area contributed by atoms with E-state index in [2.05, 4.69) is 0 Å². The minimum atomic E-state index is -0.689. The van der Waals surface area contributed by atoms with E-state index >= 15 is 0 Å². The van der Waals surface area contributed by atoms with Gasteiger partial charge in [0.2, 0.25) is 0 Å². The SMILES string of the molecule is CC1(C)Cc2ccsc2C1C(=O)O. The summed E-state index contributed by atoms with van der Waals surface area (Å²) in [5.74, 6) is -0.992. The Morgan fingerprint density at radius 2 is 2.38 bits per heavy atom. The van der Waals surface area contributed by atoms with Gasteiger partial charge in [0.25, 0.3) is 0 Å².